The lowest BCUT2D eigenvalue weighted by Gasteiger charge is -2.29. The first kappa shape index (κ1) is 25.8. The van der Waals surface area contributed by atoms with Gasteiger partial charge in [0, 0.05) is 38.8 Å². The lowest BCUT2D eigenvalue weighted by Crippen LogP contribution is -2.29. The Morgan fingerprint density at radius 3 is 1.97 bits per heavy atom. The molecule has 1 N–H and O–H groups in total. The van der Waals surface area contributed by atoms with E-state index in [0.717, 1.165) is 0 Å². The molecule has 7 nitrogen and oxygen atoms in total. The van der Waals surface area contributed by atoms with Crippen LogP contribution in [0, 0.1) is 5.41 Å². The highest BCUT2D eigenvalue weighted by molar-refractivity contribution is 7.92. The number of carbonyl (C=O) groups excluding carboxylic acids is 1. The maximum atomic E-state index is 13.8. The number of Topliss-reactive ketones (excluding diaryl/α,β-unsaturated/α-hetero) is 1. The first-order chi connectivity index (χ1) is 17.3. The summed E-state index contributed by atoms with van der Waals surface area (Å²) in [7, 11) is -8.05. The zero-order valence-corrected chi connectivity index (χ0v) is 23.0. The van der Waals surface area contributed by atoms with Crippen molar-refractivity contribution in [3.8, 4) is 0 Å². The highest BCUT2D eigenvalue weighted by atomic mass is 35.5. The maximum absolute atomic E-state index is 13.8. The number of fused-ring (bicyclic) bond motifs is 3. The predicted molar refractivity (Wildman–Crippen MR) is 145 cm³/mol. The molecular formula is C26H22Cl2N2O5S2. The van der Waals surface area contributed by atoms with Crippen molar-refractivity contribution in [3.63, 3.8) is 0 Å². The van der Waals surface area contributed by atoms with Gasteiger partial charge in [0.05, 0.1) is 15.3 Å². The molecular weight excluding hydrogens is 555 g/mol. The number of sulfonamides is 1. The number of rotatable bonds is 5. The van der Waals surface area contributed by atoms with Crippen LogP contribution in [0.2, 0.25) is 10.0 Å². The van der Waals surface area contributed by atoms with E-state index in [-0.39, 0.29) is 27.7 Å². The standard InChI is InChI=1S/C26H22Cl2N2O5S2/c1-26(2)14-23-25(24(31)15-26)21-13-18(29-36(32,33)19-8-3-16(27)4-9-19)7-12-22(21)30(23)37(34,35)20-10-5-17(28)6-11-20/h3-13,29H,14-15H2,1-2H3. The highest BCUT2D eigenvalue weighted by Crippen LogP contribution is 2.42. The van der Waals surface area contributed by atoms with Crippen molar-refractivity contribution in [1.29, 1.82) is 0 Å². The van der Waals surface area contributed by atoms with Crippen LogP contribution in [0.25, 0.3) is 10.9 Å². The first-order valence-corrected chi connectivity index (χ1v) is 15.0. The molecule has 0 amide bonds. The summed E-state index contributed by atoms with van der Waals surface area (Å²) >= 11 is 11.8. The van der Waals surface area contributed by atoms with Gasteiger partial charge in [-0.3, -0.25) is 9.52 Å². The molecule has 1 aliphatic rings. The topological polar surface area (TPSA) is 102 Å². The minimum atomic E-state index is -4.09. The quantitative estimate of drug-likeness (QED) is 0.307. The Morgan fingerprint density at radius 2 is 1.38 bits per heavy atom. The first-order valence-electron chi connectivity index (χ1n) is 11.3. The smallest absolute Gasteiger partial charge is 0.268 e. The number of benzene rings is 3. The van der Waals surface area contributed by atoms with Gasteiger partial charge in [-0.25, -0.2) is 20.8 Å². The molecule has 0 radical (unpaired) electrons. The van der Waals surface area contributed by atoms with E-state index in [9.17, 15) is 21.6 Å². The molecule has 11 heteroatoms. The number of ketones is 1. The fourth-order valence-electron chi connectivity index (χ4n) is 4.70. The molecule has 1 heterocycles. The minimum absolute atomic E-state index is 0.0136. The fraction of sp³-hybridized carbons (Fsp3) is 0.192. The molecule has 0 spiro atoms. The SMILES string of the molecule is CC1(C)CC(=O)c2c(n(S(=O)(=O)c3ccc(Cl)cc3)c3ccc(NS(=O)(=O)c4ccc(Cl)cc4)cc23)C1. The summed E-state index contributed by atoms with van der Waals surface area (Å²) in [4.78, 5) is 13.4. The lowest BCUT2D eigenvalue weighted by molar-refractivity contribution is 0.0913. The fourth-order valence-corrected chi connectivity index (χ4v) is 7.56. The minimum Gasteiger partial charge on any atom is -0.294 e. The average Bonchev–Trinajstić information content (AvgIpc) is 3.12. The van der Waals surface area contributed by atoms with Crippen LogP contribution in [0.3, 0.4) is 0 Å². The molecule has 3 aromatic carbocycles. The second kappa shape index (κ2) is 8.87. The molecule has 0 saturated heterocycles. The summed E-state index contributed by atoms with van der Waals surface area (Å²) in [6.07, 6.45) is 0.586. The molecule has 0 fully saturated rings. The van der Waals surface area contributed by atoms with Gasteiger partial charge < -0.3 is 0 Å². The van der Waals surface area contributed by atoms with E-state index >= 15 is 0 Å². The molecule has 192 valence electrons. The third kappa shape index (κ3) is 4.65. The monoisotopic (exact) mass is 576 g/mol. The van der Waals surface area contributed by atoms with E-state index in [1.807, 2.05) is 13.8 Å². The maximum Gasteiger partial charge on any atom is 0.268 e. The van der Waals surface area contributed by atoms with Crippen molar-refractivity contribution < 1.29 is 21.6 Å². The van der Waals surface area contributed by atoms with Crippen LogP contribution in [-0.4, -0.2) is 26.6 Å². The van der Waals surface area contributed by atoms with E-state index in [0.29, 0.717) is 38.6 Å². The predicted octanol–water partition coefficient (Wildman–Crippen LogP) is 6.14. The van der Waals surface area contributed by atoms with Crippen LogP contribution in [-0.2, 0) is 26.5 Å². The zero-order chi connectivity index (χ0) is 26.8. The molecule has 0 aliphatic heterocycles. The molecule has 37 heavy (non-hydrogen) atoms. The van der Waals surface area contributed by atoms with E-state index in [4.69, 9.17) is 23.2 Å². The van der Waals surface area contributed by atoms with Gasteiger partial charge in [0.15, 0.2) is 5.78 Å². The Morgan fingerprint density at radius 1 is 0.811 bits per heavy atom. The van der Waals surface area contributed by atoms with Crippen LogP contribution < -0.4 is 4.72 Å². The van der Waals surface area contributed by atoms with Gasteiger partial charge in [0.2, 0.25) is 0 Å². The van der Waals surface area contributed by atoms with Gasteiger partial charge >= 0.3 is 0 Å². The largest absolute Gasteiger partial charge is 0.294 e. The van der Waals surface area contributed by atoms with Crippen molar-refractivity contribution in [1.82, 2.24) is 3.97 Å². The van der Waals surface area contributed by atoms with Gasteiger partial charge in [0.1, 0.15) is 0 Å². The van der Waals surface area contributed by atoms with Crippen LogP contribution in [0.1, 0.15) is 36.3 Å². The summed E-state index contributed by atoms with van der Waals surface area (Å²) in [5.74, 6) is -0.195. The van der Waals surface area contributed by atoms with Crippen molar-refractivity contribution in [3.05, 3.63) is 88.0 Å². The number of hydrogen-bond acceptors (Lipinski definition) is 5. The van der Waals surface area contributed by atoms with E-state index in [1.54, 1.807) is 0 Å². The lowest BCUT2D eigenvalue weighted by atomic mass is 9.76. The van der Waals surface area contributed by atoms with Crippen molar-refractivity contribution >= 4 is 65.6 Å². The van der Waals surface area contributed by atoms with Crippen LogP contribution in [0.5, 0.6) is 0 Å². The Kier molecular flexibility index (Phi) is 6.18. The summed E-state index contributed by atoms with van der Waals surface area (Å²) in [6, 6.07) is 16.0. The van der Waals surface area contributed by atoms with Gasteiger partial charge in [-0.1, -0.05) is 37.0 Å². The number of aromatic nitrogens is 1. The van der Waals surface area contributed by atoms with Crippen molar-refractivity contribution in [2.45, 2.75) is 36.5 Å². The summed E-state index contributed by atoms with van der Waals surface area (Å²) < 4.78 is 57.2. The summed E-state index contributed by atoms with van der Waals surface area (Å²) in [6.45, 7) is 3.83. The average molecular weight is 578 g/mol. The normalized spacial score (nSPS) is 15.5. The number of carbonyl (C=O) groups is 1. The molecule has 0 bridgehead atoms. The Hall–Kier alpha value is -2.85. The van der Waals surface area contributed by atoms with Crippen LogP contribution in [0.4, 0.5) is 5.69 Å². The number of hydrogen-bond donors (Lipinski definition) is 1. The molecule has 1 aliphatic carbocycles. The second-order valence-corrected chi connectivity index (χ2v) is 14.1. The van der Waals surface area contributed by atoms with Crippen molar-refractivity contribution in [2.75, 3.05) is 4.72 Å². The summed E-state index contributed by atoms with van der Waals surface area (Å²) in [5.41, 5.74) is 0.706. The van der Waals surface area contributed by atoms with Gasteiger partial charge in [0.25, 0.3) is 20.0 Å². The summed E-state index contributed by atoms with van der Waals surface area (Å²) in [5, 5.41) is 1.16. The molecule has 0 unspecified atom stereocenters. The number of halogens is 2. The Labute approximate surface area is 225 Å². The van der Waals surface area contributed by atoms with Gasteiger partial charge in [-0.2, -0.15) is 0 Å². The number of nitrogens with one attached hydrogen (secondary N) is 1. The van der Waals surface area contributed by atoms with E-state index in [1.165, 1.54) is 70.7 Å². The van der Waals surface area contributed by atoms with Gasteiger partial charge in [-0.15, -0.1) is 0 Å². The Balaban J connectivity index is 1.70. The molecule has 1 aromatic heterocycles. The van der Waals surface area contributed by atoms with Gasteiger partial charge in [-0.05, 0) is 78.6 Å². The van der Waals surface area contributed by atoms with E-state index in [2.05, 4.69) is 4.72 Å². The molecule has 0 atom stereocenters. The Bertz CT molecular complexity index is 1780. The van der Waals surface area contributed by atoms with Crippen LogP contribution in [0.15, 0.2) is 76.5 Å². The number of nitrogens with zero attached hydrogens (tertiary/aromatic N) is 1. The zero-order valence-electron chi connectivity index (χ0n) is 19.8. The molecule has 4 aromatic rings. The third-order valence-electron chi connectivity index (χ3n) is 6.31. The van der Waals surface area contributed by atoms with Crippen LogP contribution >= 0.6 is 23.2 Å². The highest BCUT2D eigenvalue weighted by Gasteiger charge is 2.38. The van der Waals surface area contributed by atoms with Crippen molar-refractivity contribution in [2.24, 2.45) is 5.41 Å². The molecule has 5 rings (SSSR count). The third-order valence-corrected chi connectivity index (χ3v) is 9.98. The number of anilines is 1. The molecule has 0 saturated carbocycles. The van der Waals surface area contributed by atoms with E-state index < -0.39 is 25.5 Å². The second-order valence-electron chi connectivity index (χ2n) is 9.78.